The number of carbonyl (C=O) groups excluding carboxylic acids is 2. The second-order valence-electron chi connectivity index (χ2n) is 8.38. The number of primary amides is 1. The second kappa shape index (κ2) is 12.8. The predicted molar refractivity (Wildman–Crippen MR) is 113 cm³/mol. The molecule has 0 radical (unpaired) electrons. The lowest BCUT2D eigenvalue weighted by Gasteiger charge is -2.23. The summed E-state index contributed by atoms with van der Waals surface area (Å²) < 4.78 is 25.0. The summed E-state index contributed by atoms with van der Waals surface area (Å²) in [6, 6.07) is 3.96. The minimum Gasteiger partial charge on any atom is -0.488 e. The van der Waals surface area contributed by atoms with Gasteiger partial charge < -0.3 is 25.6 Å². The zero-order chi connectivity index (χ0) is 23.4. The van der Waals surface area contributed by atoms with Gasteiger partial charge in [-0.1, -0.05) is 12.5 Å². The highest BCUT2D eigenvalue weighted by atomic mass is 19.1. The summed E-state index contributed by atoms with van der Waals surface area (Å²) >= 11 is 0. The number of amides is 2. The number of carboxylic acids is 1. The lowest BCUT2D eigenvalue weighted by Crippen LogP contribution is -2.42. The third-order valence-electron chi connectivity index (χ3n) is 4.25. The van der Waals surface area contributed by atoms with Crippen molar-refractivity contribution in [1.82, 2.24) is 5.32 Å². The van der Waals surface area contributed by atoms with Gasteiger partial charge in [0.05, 0.1) is 6.04 Å². The Morgan fingerprint density at radius 1 is 1.16 bits per heavy atom. The maximum absolute atomic E-state index is 14.2. The number of ether oxygens (including phenoxy) is 2. The first-order valence-corrected chi connectivity index (χ1v) is 10.4. The molecule has 1 aromatic carbocycles. The molecule has 1 atom stereocenters. The van der Waals surface area contributed by atoms with E-state index in [1.807, 2.05) is 0 Å². The van der Waals surface area contributed by atoms with Crippen molar-refractivity contribution >= 4 is 18.0 Å². The Balaban J connectivity index is 2.67. The van der Waals surface area contributed by atoms with Gasteiger partial charge in [-0.05, 0) is 64.2 Å². The molecular formula is C22H33FN2O6. The highest BCUT2D eigenvalue weighted by molar-refractivity contribution is 5.74. The van der Waals surface area contributed by atoms with Crippen molar-refractivity contribution in [1.29, 1.82) is 0 Å². The van der Waals surface area contributed by atoms with Gasteiger partial charge in [-0.25, -0.2) is 9.18 Å². The predicted octanol–water partition coefficient (Wildman–Crippen LogP) is 3.55. The Morgan fingerprint density at radius 3 is 2.48 bits per heavy atom. The SMILES string of the molecule is CC(C)(C)OC(=O)N[C@@H](CCC(N)=O)COc1cc(CCCCCC(=O)O)ccc1F. The largest absolute Gasteiger partial charge is 0.488 e. The van der Waals surface area contributed by atoms with E-state index in [1.54, 1.807) is 32.9 Å². The Labute approximate surface area is 182 Å². The minimum absolute atomic E-state index is 0.0304. The number of aliphatic carboxylic acids is 1. The molecule has 0 bridgehead atoms. The van der Waals surface area contributed by atoms with Crippen molar-refractivity contribution in [2.45, 2.75) is 77.4 Å². The standard InChI is InChI=1S/C22H33FN2O6/c1-22(2,3)31-21(29)25-16(10-12-19(24)26)14-30-18-13-15(9-11-17(18)23)7-5-4-6-8-20(27)28/h9,11,13,16H,4-8,10,12,14H2,1-3H3,(H2,24,26)(H,25,29)(H,27,28)/t16-/m0/s1. The molecule has 1 rings (SSSR count). The third-order valence-corrected chi connectivity index (χ3v) is 4.25. The molecule has 1 aromatic rings. The van der Waals surface area contributed by atoms with Crippen molar-refractivity contribution in [3.8, 4) is 5.75 Å². The highest BCUT2D eigenvalue weighted by Gasteiger charge is 2.21. The van der Waals surface area contributed by atoms with Crippen LogP contribution in [-0.4, -0.2) is 41.3 Å². The fraction of sp³-hybridized carbons (Fsp3) is 0.591. The summed E-state index contributed by atoms with van der Waals surface area (Å²) in [5.74, 6) is -1.84. The Hall–Kier alpha value is -2.84. The van der Waals surface area contributed by atoms with Gasteiger partial charge in [-0.2, -0.15) is 0 Å². The van der Waals surface area contributed by atoms with E-state index < -0.39 is 35.4 Å². The molecule has 31 heavy (non-hydrogen) atoms. The van der Waals surface area contributed by atoms with Crippen LogP contribution in [-0.2, 0) is 20.7 Å². The molecule has 8 nitrogen and oxygen atoms in total. The van der Waals surface area contributed by atoms with Crippen molar-refractivity contribution in [2.75, 3.05) is 6.61 Å². The van der Waals surface area contributed by atoms with Crippen LogP contribution in [0.5, 0.6) is 5.75 Å². The van der Waals surface area contributed by atoms with Gasteiger partial charge in [0.1, 0.15) is 12.2 Å². The number of carbonyl (C=O) groups is 3. The van der Waals surface area contributed by atoms with E-state index in [-0.39, 0.29) is 31.6 Å². The summed E-state index contributed by atoms with van der Waals surface area (Å²) in [6.45, 7) is 5.11. The van der Waals surface area contributed by atoms with Crippen LogP contribution in [0.3, 0.4) is 0 Å². The summed E-state index contributed by atoms with van der Waals surface area (Å²) in [6.07, 6.45) is 2.52. The second-order valence-corrected chi connectivity index (χ2v) is 8.38. The van der Waals surface area contributed by atoms with Crippen molar-refractivity contribution in [3.63, 3.8) is 0 Å². The highest BCUT2D eigenvalue weighted by Crippen LogP contribution is 2.21. The van der Waals surface area contributed by atoms with Gasteiger partial charge in [0.25, 0.3) is 0 Å². The fourth-order valence-corrected chi connectivity index (χ4v) is 2.77. The minimum atomic E-state index is -0.816. The van der Waals surface area contributed by atoms with E-state index in [9.17, 15) is 18.8 Å². The summed E-state index contributed by atoms with van der Waals surface area (Å²) in [5.41, 5.74) is 5.36. The Morgan fingerprint density at radius 2 is 1.87 bits per heavy atom. The maximum atomic E-state index is 14.2. The molecule has 9 heteroatoms. The monoisotopic (exact) mass is 440 g/mol. The van der Waals surface area contributed by atoms with E-state index >= 15 is 0 Å². The molecule has 2 amide bonds. The molecule has 0 aliphatic heterocycles. The number of carboxylic acid groups (broad SMARTS) is 1. The number of nitrogens with two attached hydrogens (primary N) is 1. The van der Waals surface area contributed by atoms with Gasteiger partial charge >= 0.3 is 12.1 Å². The molecule has 0 spiro atoms. The number of benzene rings is 1. The van der Waals surface area contributed by atoms with Gasteiger partial charge in [0.2, 0.25) is 5.91 Å². The van der Waals surface area contributed by atoms with Crippen LogP contribution in [0.15, 0.2) is 18.2 Å². The molecule has 0 aliphatic carbocycles. The zero-order valence-electron chi connectivity index (χ0n) is 18.4. The van der Waals surface area contributed by atoms with E-state index in [0.717, 1.165) is 18.4 Å². The molecule has 0 unspecified atom stereocenters. The molecule has 0 aromatic heterocycles. The quantitative estimate of drug-likeness (QED) is 0.403. The van der Waals surface area contributed by atoms with Crippen molar-refractivity contribution in [2.24, 2.45) is 5.73 Å². The maximum Gasteiger partial charge on any atom is 0.407 e. The number of unbranched alkanes of at least 4 members (excludes halogenated alkanes) is 2. The number of rotatable bonds is 13. The fourth-order valence-electron chi connectivity index (χ4n) is 2.77. The van der Waals surface area contributed by atoms with Crippen LogP contribution in [0.4, 0.5) is 9.18 Å². The van der Waals surface area contributed by atoms with Gasteiger partial charge in [0.15, 0.2) is 11.6 Å². The summed E-state index contributed by atoms with van der Waals surface area (Å²) in [4.78, 5) is 33.7. The molecule has 0 aliphatic rings. The molecule has 174 valence electrons. The van der Waals surface area contributed by atoms with E-state index in [2.05, 4.69) is 5.32 Å². The van der Waals surface area contributed by atoms with Crippen LogP contribution < -0.4 is 15.8 Å². The number of hydrogen-bond acceptors (Lipinski definition) is 5. The lowest BCUT2D eigenvalue weighted by molar-refractivity contribution is -0.137. The number of hydrogen-bond donors (Lipinski definition) is 3. The van der Waals surface area contributed by atoms with Gasteiger partial charge in [-0.15, -0.1) is 0 Å². The topological polar surface area (TPSA) is 128 Å². The Bertz CT molecular complexity index is 748. The Kier molecular flexibility index (Phi) is 10.8. The smallest absolute Gasteiger partial charge is 0.407 e. The van der Waals surface area contributed by atoms with E-state index in [0.29, 0.717) is 12.8 Å². The zero-order valence-corrected chi connectivity index (χ0v) is 18.4. The van der Waals surface area contributed by atoms with E-state index in [4.69, 9.17) is 20.3 Å². The van der Waals surface area contributed by atoms with Crippen LogP contribution >= 0.6 is 0 Å². The average molecular weight is 441 g/mol. The van der Waals surface area contributed by atoms with Crippen LogP contribution in [0, 0.1) is 5.82 Å². The van der Waals surface area contributed by atoms with Crippen molar-refractivity contribution in [3.05, 3.63) is 29.6 Å². The first-order chi connectivity index (χ1) is 14.5. The lowest BCUT2D eigenvalue weighted by atomic mass is 10.1. The molecule has 4 N–H and O–H groups in total. The first-order valence-electron chi connectivity index (χ1n) is 10.4. The van der Waals surface area contributed by atoms with Crippen LogP contribution in [0.1, 0.15) is 64.9 Å². The van der Waals surface area contributed by atoms with E-state index in [1.165, 1.54) is 6.07 Å². The molecule has 0 saturated carbocycles. The average Bonchev–Trinajstić information content (AvgIpc) is 2.63. The van der Waals surface area contributed by atoms with Gasteiger partial charge in [-0.3, -0.25) is 9.59 Å². The van der Waals surface area contributed by atoms with Crippen LogP contribution in [0.25, 0.3) is 0 Å². The van der Waals surface area contributed by atoms with Crippen molar-refractivity contribution < 1.29 is 33.4 Å². The van der Waals surface area contributed by atoms with Crippen LogP contribution in [0.2, 0.25) is 0 Å². The third kappa shape index (κ3) is 12.5. The molecule has 0 saturated heterocycles. The molecular weight excluding hydrogens is 407 g/mol. The summed E-state index contributed by atoms with van der Waals surface area (Å²) in [5, 5.41) is 11.3. The molecule has 0 heterocycles. The molecule has 0 fully saturated rings. The number of nitrogens with one attached hydrogen (secondary N) is 1. The number of alkyl carbamates (subject to hydrolysis) is 1. The number of halogens is 1. The summed E-state index contributed by atoms with van der Waals surface area (Å²) in [7, 11) is 0. The first kappa shape index (κ1) is 26.2. The normalized spacial score (nSPS) is 12.1. The van der Waals surface area contributed by atoms with Gasteiger partial charge in [0, 0.05) is 12.8 Å². The number of aryl methyl sites for hydroxylation is 1.